The summed E-state index contributed by atoms with van der Waals surface area (Å²) < 4.78 is 0. The molecule has 31 heavy (non-hydrogen) atoms. The van der Waals surface area contributed by atoms with Crippen molar-refractivity contribution in [2.75, 3.05) is 0 Å². The molecule has 0 N–H and O–H groups in total. The fraction of sp³-hybridized carbons (Fsp3) is 0.103. The SMILES string of the molecule is CC1(C)c2ccccc2-c2ccc3nc(-c4ccccc4)nc(-c4ccccc4)c3c21. The first-order valence-corrected chi connectivity index (χ1v) is 10.7. The van der Waals surface area contributed by atoms with E-state index in [4.69, 9.17) is 9.97 Å². The van der Waals surface area contributed by atoms with Crippen LogP contribution in [0.15, 0.2) is 97.1 Å². The van der Waals surface area contributed by atoms with Gasteiger partial charge in [0.1, 0.15) is 0 Å². The second-order valence-corrected chi connectivity index (χ2v) is 8.68. The fourth-order valence-electron chi connectivity index (χ4n) is 5.02. The van der Waals surface area contributed by atoms with Gasteiger partial charge < -0.3 is 0 Å². The molecule has 5 aromatic rings. The van der Waals surface area contributed by atoms with E-state index in [-0.39, 0.29) is 5.41 Å². The normalized spacial score (nSPS) is 13.7. The zero-order valence-corrected chi connectivity index (χ0v) is 17.6. The summed E-state index contributed by atoms with van der Waals surface area (Å²) in [5, 5.41) is 1.16. The van der Waals surface area contributed by atoms with Gasteiger partial charge in [-0.05, 0) is 28.3 Å². The quantitative estimate of drug-likeness (QED) is 0.312. The number of fused-ring (bicyclic) bond motifs is 5. The summed E-state index contributed by atoms with van der Waals surface area (Å²) >= 11 is 0. The molecule has 0 fully saturated rings. The Kier molecular flexibility index (Phi) is 3.85. The van der Waals surface area contributed by atoms with Crippen LogP contribution in [0.4, 0.5) is 0 Å². The van der Waals surface area contributed by atoms with Crippen LogP contribution < -0.4 is 0 Å². The molecule has 0 spiro atoms. The van der Waals surface area contributed by atoms with Gasteiger partial charge in [0.2, 0.25) is 0 Å². The third-order valence-corrected chi connectivity index (χ3v) is 6.46. The highest BCUT2D eigenvalue weighted by atomic mass is 14.9. The van der Waals surface area contributed by atoms with Gasteiger partial charge in [-0.2, -0.15) is 0 Å². The lowest BCUT2D eigenvalue weighted by Gasteiger charge is -2.24. The van der Waals surface area contributed by atoms with Crippen LogP contribution in [0.5, 0.6) is 0 Å². The van der Waals surface area contributed by atoms with E-state index in [1.165, 1.54) is 22.3 Å². The molecule has 4 aromatic carbocycles. The molecular weight excluding hydrogens is 376 g/mol. The monoisotopic (exact) mass is 398 g/mol. The fourth-order valence-corrected chi connectivity index (χ4v) is 5.02. The predicted octanol–water partition coefficient (Wildman–Crippen LogP) is 7.27. The van der Waals surface area contributed by atoms with Crippen LogP contribution in [0.25, 0.3) is 44.7 Å². The van der Waals surface area contributed by atoms with Crippen molar-refractivity contribution in [2.24, 2.45) is 0 Å². The minimum absolute atomic E-state index is 0.118. The lowest BCUT2D eigenvalue weighted by Crippen LogP contribution is -2.16. The Balaban J connectivity index is 1.74. The van der Waals surface area contributed by atoms with Gasteiger partial charge in [-0.15, -0.1) is 0 Å². The molecule has 0 saturated heterocycles. The van der Waals surface area contributed by atoms with Crippen molar-refractivity contribution in [3.63, 3.8) is 0 Å². The summed E-state index contributed by atoms with van der Waals surface area (Å²) in [5.41, 5.74) is 9.32. The summed E-state index contributed by atoms with van der Waals surface area (Å²) in [6, 6.07) is 33.9. The second-order valence-electron chi connectivity index (χ2n) is 8.68. The lowest BCUT2D eigenvalue weighted by atomic mass is 9.80. The summed E-state index contributed by atoms with van der Waals surface area (Å²) in [6.07, 6.45) is 0. The maximum Gasteiger partial charge on any atom is 0.160 e. The van der Waals surface area contributed by atoms with Crippen molar-refractivity contribution in [3.8, 4) is 33.8 Å². The van der Waals surface area contributed by atoms with E-state index < -0.39 is 0 Å². The number of hydrogen-bond donors (Lipinski definition) is 0. The van der Waals surface area contributed by atoms with Crippen LogP contribution in [0.1, 0.15) is 25.0 Å². The molecule has 1 aromatic heterocycles. The van der Waals surface area contributed by atoms with E-state index in [0.717, 1.165) is 33.5 Å². The molecule has 1 heterocycles. The molecule has 2 nitrogen and oxygen atoms in total. The van der Waals surface area contributed by atoms with Gasteiger partial charge >= 0.3 is 0 Å². The minimum Gasteiger partial charge on any atom is -0.228 e. The summed E-state index contributed by atoms with van der Waals surface area (Å²) in [4.78, 5) is 10.2. The van der Waals surface area contributed by atoms with E-state index in [0.29, 0.717) is 0 Å². The molecule has 1 aliphatic carbocycles. The van der Waals surface area contributed by atoms with Crippen LogP contribution in [0, 0.1) is 0 Å². The molecule has 6 rings (SSSR count). The van der Waals surface area contributed by atoms with Crippen molar-refractivity contribution in [1.29, 1.82) is 0 Å². The molecular formula is C29H22N2. The predicted molar refractivity (Wildman–Crippen MR) is 128 cm³/mol. The maximum absolute atomic E-state index is 5.14. The number of hydrogen-bond acceptors (Lipinski definition) is 2. The van der Waals surface area contributed by atoms with Crippen LogP contribution in [0.3, 0.4) is 0 Å². The van der Waals surface area contributed by atoms with Gasteiger partial charge in [0, 0.05) is 21.9 Å². The molecule has 0 atom stereocenters. The van der Waals surface area contributed by atoms with Crippen LogP contribution in [0.2, 0.25) is 0 Å². The summed E-state index contributed by atoms with van der Waals surface area (Å²) in [6.45, 7) is 4.63. The average molecular weight is 399 g/mol. The third-order valence-electron chi connectivity index (χ3n) is 6.46. The van der Waals surface area contributed by atoms with Gasteiger partial charge in [0.25, 0.3) is 0 Å². The molecule has 2 heteroatoms. The Morgan fingerprint density at radius 2 is 1.23 bits per heavy atom. The summed E-state index contributed by atoms with van der Waals surface area (Å²) in [7, 11) is 0. The van der Waals surface area contributed by atoms with Gasteiger partial charge in [-0.25, -0.2) is 9.97 Å². The Bertz CT molecular complexity index is 1430. The number of aromatic nitrogens is 2. The summed E-state index contributed by atoms with van der Waals surface area (Å²) in [5.74, 6) is 0.764. The molecule has 148 valence electrons. The first-order valence-electron chi connectivity index (χ1n) is 10.7. The van der Waals surface area contributed by atoms with E-state index in [9.17, 15) is 0 Å². The van der Waals surface area contributed by atoms with Crippen LogP contribution in [-0.4, -0.2) is 9.97 Å². The second kappa shape index (κ2) is 6.61. The van der Waals surface area contributed by atoms with Crippen LogP contribution in [-0.2, 0) is 5.41 Å². The van der Waals surface area contributed by atoms with Crippen molar-refractivity contribution in [3.05, 3.63) is 108 Å². The van der Waals surface area contributed by atoms with Gasteiger partial charge in [-0.3, -0.25) is 0 Å². The van der Waals surface area contributed by atoms with Crippen molar-refractivity contribution >= 4 is 10.9 Å². The molecule has 0 saturated carbocycles. The smallest absolute Gasteiger partial charge is 0.160 e. The zero-order chi connectivity index (χ0) is 21.0. The molecule has 0 aliphatic heterocycles. The maximum atomic E-state index is 5.14. The first kappa shape index (κ1) is 18.0. The molecule has 1 aliphatic rings. The Hall–Kier alpha value is -3.78. The number of rotatable bonds is 2. The number of benzene rings is 4. The molecule has 0 unspecified atom stereocenters. The van der Waals surface area contributed by atoms with E-state index in [1.807, 2.05) is 18.2 Å². The van der Waals surface area contributed by atoms with E-state index in [2.05, 4.69) is 92.7 Å². The van der Waals surface area contributed by atoms with Crippen molar-refractivity contribution < 1.29 is 0 Å². The average Bonchev–Trinajstić information content (AvgIpc) is 3.06. The lowest BCUT2D eigenvalue weighted by molar-refractivity contribution is 0.666. The number of nitrogens with zero attached hydrogens (tertiary/aromatic N) is 2. The highest BCUT2D eigenvalue weighted by molar-refractivity contribution is 6.03. The topological polar surface area (TPSA) is 25.8 Å². The highest BCUT2D eigenvalue weighted by Gasteiger charge is 2.37. The molecule has 0 bridgehead atoms. The Morgan fingerprint density at radius 3 is 1.97 bits per heavy atom. The standard InChI is InChI=1S/C29H22N2/c1-29(2)23-16-10-9-15-21(23)22-17-18-24-25(26(22)29)27(19-11-5-3-6-12-19)31-28(30-24)20-13-7-4-8-14-20/h3-18H,1-2H3. The highest BCUT2D eigenvalue weighted by Crippen LogP contribution is 2.52. The first-order chi connectivity index (χ1) is 15.1. The molecule has 0 amide bonds. The van der Waals surface area contributed by atoms with Crippen LogP contribution >= 0.6 is 0 Å². The van der Waals surface area contributed by atoms with E-state index >= 15 is 0 Å². The van der Waals surface area contributed by atoms with Gasteiger partial charge in [-0.1, -0.05) is 105 Å². The van der Waals surface area contributed by atoms with Crippen molar-refractivity contribution in [2.45, 2.75) is 19.3 Å². The van der Waals surface area contributed by atoms with Gasteiger partial charge in [0.05, 0.1) is 11.2 Å². The Labute approximate surface area is 182 Å². The van der Waals surface area contributed by atoms with Gasteiger partial charge in [0.15, 0.2) is 5.82 Å². The minimum atomic E-state index is -0.118. The van der Waals surface area contributed by atoms with E-state index in [1.54, 1.807) is 0 Å². The largest absolute Gasteiger partial charge is 0.228 e. The Morgan fingerprint density at radius 1 is 0.581 bits per heavy atom. The van der Waals surface area contributed by atoms with Crippen molar-refractivity contribution in [1.82, 2.24) is 9.97 Å². The third kappa shape index (κ3) is 2.65. The zero-order valence-electron chi connectivity index (χ0n) is 17.6. The molecule has 0 radical (unpaired) electrons.